The summed E-state index contributed by atoms with van der Waals surface area (Å²) < 4.78 is 127. The molecule has 2 fully saturated rings. The Morgan fingerprint density at radius 2 is 1.50 bits per heavy atom. The average molecular weight is 727 g/mol. The van der Waals surface area contributed by atoms with Gasteiger partial charge < -0.3 is 14.9 Å². The van der Waals surface area contributed by atoms with E-state index in [1.54, 1.807) is 4.90 Å². The van der Waals surface area contributed by atoms with Gasteiger partial charge in [0.25, 0.3) is 5.95 Å². The van der Waals surface area contributed by atoms with Gasteiger partial charge >= 0.3 is 24.5 Å². The minimum Gasteiger partial charge on any atom is -0.481 e. The van der Waals surface area contributed by atoms with E-state index in [1.807, 2.05) is 4.90 Å². The number of hydrogen-bond acceptors (Lipinski definition) is 6. The molecule has 0 amide bonds. The normalized spacial score (nSPS) is 26.8. The molecule has 3 atom stereocenters. The molecule has 1 aromatic carbocycles. The Kier molecular flexibility index (Phi) is 10.9. The number of tetrazole rings is 1. The van der Waals surface area contributed by atoms with Gasteiger partial charge in [0.05, 0.1) is 30.5 Å². The van der Waals surface area contributed by atoms with Gasteiger partial charge in [0, 0.05) is 31.7 Å². The number of aromatic nitrogens is 4. The van der Waals surface area contributed by atoms with Crippen molar-refractivity contribution in [3.63, 3.8) is 0 Å². The summed E-state index contributed by atoms with van der Waals surface area (Å²) in [6.45, 7) is 3.27. The largest absolute Gasteiger partial charge is 0.481 e. The molecule has 17 heteroatoms. The monoisotopic (exact) mass is 726 g/mol. The van der Waals surface area contributed by atoms with E-state index in [1.165, 1.54) is 27.0 Å². The van der Waals surface area contributed by atoms with Gasteiger partial charge in [-0.2, -0.15) is 44.3 Å². The molecule has 1 N–H and O–H groups in total. The fraction of sp³-hybridized carbons (Fsp3) is 0.758. The van der Waals surface area contributed by atoms with E-state index in [9.17, 15) is 49.4 Å². The number of hydrogen-bond donors (Lipinski definition) is 1. The van der Waals surface area contributed by atoms with Crippen LogP contribution in [-0.2, 0) is 18.0 Å². The number of fused-ring (bicyclic) bond motifs is 1. The lowest BCUT2D eigenvalue weighted by molar-refractivity contribution is -0.228. The Morgan fingerprint density at radius 1 is 0.900 bits per heavy atom. The van der Waals surface area contributed by atoms with Gasteiger partial charge in [0.1, 0.15) is 0 Å². The zero-order valence-electron chi connectivity index (χ0n) is 28.2. The molecule has 0 saturated heterocycles. The van der Waals surface area contributed by atoms with Crippen LogP contribution in [0.2, 0.25) is 0 Å². The molecule has 2 aliphatic carbocycles. The molecular weight excluding hydrogens is 683 g/mol. The van der Waals surface area contributed by atoms with Gasteiger partial charge in [-0.15, -0.1) is 5.10 Å². The van der Waals surface area contributed by atoms with Gasteiger partial charge in [0.2, 0.25) is 0 Å². The number of nitrogens with zero attached hydrogens (tertiary/aromatic N) is 6. The van der Waals surface area contributed by atoms with E-state index < -0.39 is 73.1 Å². The number of anilines is 2. The van der Waals surface area contributed by atoms with Crippen LogP contribution < -0.4 is 9.80 Å². The van der Waals surface area contributed by atoms with Gasteiger partial charge in [-0.1, -0.05) is 11.2 Å². The smallest absolute Gasteiger partial charge is 0.416 e. The maximum atomic E-state index is 14.5. The van der Waals surface area contributed by atoms with Crippen LogP contribution in [0, 0.1) is 43.4 Å². The van der Waals surface area contributed by atoms with Crippen LogP contribution >= 0.6 is 0 Å². The number of carboxylic acids is 1. The maximum Gasteiger partial charge on any atom is 0.416 e. The third-order valence-electron chi connectivity index (χ3n) is 10.9. The van der Waals surface area contributed by atoms with E-state index in [0.29, 0.717) is 62.9 Å². The van der Waals surface area contributed by atoms with Crippen LogP contribution in [0.15, 0.2) is 6.07 Å². The Labute approximate surface area is 284 Å². The van der Waals surface area contributed by atoms with Gasteiger partial charge in [-0.05, 0) is 111 Å². The average Bonchev–Trinajstić information content (AvgIpc) is 3.34. The number of aryl methyl sites for hydroxylation is 2. The van der Waals surface area contributed by atoms with Gasteiger partial charge in [0.15, 0.2) is 0 Å². The van der Waals surface area contributed by atoms with Crippen LogP contribution in [0.5, 0.6) is 0 Å². The SMILES string of the molecule is Cc1cc2c(c(C)c1C(F)(F)F)N(CC1CCC(CC(=O)O)CC1)CCC[C@@H]2N(CC1CC(C(F)(F)F)CC(C(F)(F)F)C1)c1nnn(C)n1. The quantitative estimate of drug-likeness (QED) is 0.274. The molecule has 0 radical (unpaired) electrons. The minimum atomic E-state index is -4.83. The molecule has 2 heterocycles. The van der Waals surface area contributed by atoms with Crippen molar-refractivity contribution in [3.8, 4) is 0 Å². The summed E-state index contributed by atoms with van der Waals surface area (Å²) in [5.74, 6) is -6.15. The lowest BCUT2D eigenvalue weighted by atomic mass is 9.74. The Hall–Kier alpha value is -3.27. The number of halogens is 9. The molecule has 1 aromatic heterocycles. The highest BCUT2D eigenvalue weighted by Crippen LogP contribution is 2.50. The molecule has 8 nitrogen and oxygen atoms in total. The van der Waals surface area contributed by atoms with Gasteiger partial charge in [-0.3, -0.25) is 4.79 Å². The van der Waals surface area contributed by atoms with Crippen LogP contribution in [0.3, 0.4) is 0 Å². The van der Waals surface area contributed by atoms with Crippen LogP contribution in [0.1, 0.15) is 92.5 Å². The molecule has 2 saturated carbocycles. The minimum absolute atomic E-state index is 0.00189. The predicted molar refractivity (Wildman–Crippen MR) is 165 cm³/mol. The summed E-state index contributed by atoms with van der Waals surface area (Å²) in [5, 5.41) is 21.4. The number of benzene rings is 1. The first kappa shape index (κ1) is 38.0. The van der Waals surface area contributed by atoms with Crippen molar-refractivity contribution < 1.29 is 49.4 Å². The molecule has 0 spiro atoms. The highest BCUT2D eigenvalue weighted by atomic mass is 19.4. The van der Waals surface area contributed by atoms with Crippen molar-refractivity contribution in [1.29, 1.82) is 0 Å². The summed E-state index contributed by atoms with van der Waals surface area (Å²) in [6, 6.07) is 0.680. The zero-order valence-corrected chi connectivity index (χ0v) is 28.2. The summed E-state index contributed by atoms with van der Waals surface area (Å²) in [4.78, 5) is 15.8. The molecular formula is C33H43F9N6O2. The second-order valence-corrected chi connectivity index (χ2v) is 14.5. The second kappa shape index (κ2) is 14.4. The number of carbonyl (C=O) groups is 1. The van der Waals surface area contributed by atoms with Crippen molar-refractivity contribution in [3.05, 3.63) is 28.3 Å². The van der Waals surface area contributed by atoms with Crippen molar-refractivity contribution in [2.45, 2.75) is 103 Å². The molecule has 2 aromatic rings. The summed E-state index contributed by atoms with van der Waals surface area (Å²) in [6.07, 6.45) is -12.8. The highest BCUT2D eigenvalue weighted by Gasteiger charge is 2.52. The highest BCUT2D eigenvalue weighted by molar-refractivity contribution is 5.68. The van der Waals surface area contributed by atoms with Crippen molar-refractivity contribution >= 4 is 17.6 Å². The molecule has 2 unspecified atom stereocenters. The van der Waals surface area contributed by atoms with E-state index in [-0.39, 0.29) is 41.9 Å². The summed E-state index contributed by atoms with van der Waals surface area (Å²) in [5.41, 5.74) is -0.0127. The van der Waals surface area contributed by atoms with E-state index in [0.717, 1.165) is 4.80 Å². The fourth-order valence-corrected chi connectivity index (χ4v) is 8.68. The number of rotatable bonds is 8. The van der Waals surface area contributed by atoms with E-state index >= 15 is 0 Å². The lowest BCUT2D eigenvalue weighted by Crippen LogP contribution is -2.43. The van der Waals surface area contributed by atoms with Crippen molar-refractivity contribution in [2.75, 3.05) is 29.4 Å². The van der Waals surface area contributed by atoms with Crippen LogP contribution in [0.4, 0.5) is 51.1 Å². The number of carboxylic acid groups (broad SMARTS) is 1. The third-order valence-corrected chi connectivity index (χ3v) is 10.9. The van der Waals surface area contributed by atoms with Crippen LogP contribution in [0.25, 0.3) is 0 Å². The Morgan fingerprint density at radius 3 is 2.02 bits per heavy atom. The topological polar surface area (TPSA) is 87.4 Å². The Bertz CT molecular complexity index is 1480. The van der Waals surface area contributed by atoms with Gasteiger partial charge in [-0.25, -0.2) is 0 Å². The lowest BCUT2D eigenvalue weighted by Gasteiger charge is -2.41. The summed E-state index contributed by atoms with van der Waals surface area (Å²) >= 11 is 0. The summed E-state index contributed by atoms with van der Waals surface area (Å²) in [7, 11) is 1.46. The molecule has 50 heavy (non-hydrogen) atoms. The fourth-order valence-electron chi connectivity index (χ4n) is 8.68. The zero-order chi connectivity index (χ0) is 36.8. The molecule has 3 aliphatic rings. The Balaban J connectivity index is 1.55. The third kappa shape index (κ3) is 8.60. The maximum absolute atomic E-state index is 14.5. The van der Waals surface area contributed by atoms with E-state index in [2.05, 4.69) is 15.4 Å². The molecule has 280 valence electrons. The first-order chi connectivity index (χ1) is 23.2. The molecule has 0 bridgehead atoms. The molecule has 5 rings (SSSR count). The number of alkyl halides is 9. The number of aliphatic carboxylic acids is 1. The van der Waals surface area contributed by atoms with Crippen LogP contribution in [-0.4, -0.2) is 63.3 Å². The first-order valence-corrected chi connectivity index (χ1v) is 17.0. The first-order valence-electron chi connectivity index (χ1n) is 17.0. The predicted octanol–water partition coefficient (Wildman–Crippen LogP) is 8.43. The van der Waals surface area contributed by atoms with Crippen molar-refractivity contribution in [2.24, 2.45) is 36.6 Å². The molecule has 1 aliphatic heterocycles. The van der Waals surface area contributed by atoms with E-state index in [4.69, 9.17) is 0 Å². The van der Waals surface area contributed by atoms with Crippen molar-refractivity contribution in [1.82, 2.24) is 20.2 Å². The standard InChI is InChI=1S/C33H43F9N6O2/c1-18-11-25-26(48(30-43-45-46(3)44-30)17-22-12-23(31(34,35)36)15-24(13-22)32(37,38)39)5-4-10-47(29(25)19(2)28(18)33(40,41)42)16-21-8-6-20(7-9-21)14-27(49)50/h11,20-24,26H,4-10,12-17H2,1-3H3,(H,49,50)/t20?,21?,22?,23?,24?,26-/m0/s1. The second-order valence-electron chi connectivity index (χ2n) is 14.5.